The number of imidazole rings is 1. The van der Waals surface area contributed by atoms with Gasteiger partial charge in [-0.1, -0.05) is 32.6 Å². The van der Waals surface area contributed by atoms with Crippen LogP contribution in [0.5, 0.6) is 0 Å². The van der Waals surface area contributed by atoms with Crippen LogP contribution in [0.1, 0.15) is 51.2 Å². The summed E-state index contributed by atoms with van der Waals surface area (Å²) in [4.78, 5) is 24.4. The van der Waals surface area contributed by atoms with Crippen LogP contribution in [0.4, 0.5) is 0 Å². The highest BCUT2D eigenvalue weighted by molar-refractivity contribution is 5.91. The van der Waals surface area contributed by atoms with E-state index in [0.29, 0.717) is 5.82 Å². The van der Waals surface area contributed by atoms with Crippen molar-refractivity contribution in [2.24, 2.45) is 0 Å². The molecule has 5 aromatic rings. The molecule has 0 atom stereocenters. The summed E-state index contributed by atoms with van der Waals surface area (Å²) in [5.41, 5.74) is 6.99. The van der Waals surface area contributed by atoms with Crippen molar-refractivity contribution in [2.75, 3.05) is 19.6 Å². The van der Waals surface area contributed by atoms with E-state index in [0.717, 1.165) is 69.2 Å². The predicted octanol–water partition coefficient (Wildman–Crippen LogP) is 5.15. The maximum absolute atomic E-state index is 4.91. The maximum Gasteiger partial charge on any atom is 0.159 e. The molecule has 0 amide bonds. The fraction of sp³-hybridized carbons (Fsp3) is 0.303. The second-order valence-corrected chi connectivity index (χ2v) is 9.95. The van der Waals surface area contributed by atoms with Crippen molar-refractivity contribution in [3.05, 3.63) is 83.4 Å². The van der Waals surface area contributed by atoms with Gasteiger partial charge in [0.25, 0.3) is 0 Å². The number of rotatable bonds is 8. The standard InChI is InChI=1S/C31H32N8.C2H6/c1-3-25-24(17-21(2)23-18-22(19-32-20-23)9-8-16-39-14-6-7-15-39)28(38-37-25)31-35-27-11-13-34-29(30(27)36-31)26-10-4-5-12-33-26;1-2/h3-5,10-13,17-20,37H,2,6-9,14-16H2,1H3,(H,35,36);1-2H3/b24-17+,25-3+;. The molecular weight excluding hydrogens is 508 g/mol. The van der Waals surface area contributed by atoms with Gasteiger partial charge in [-0.2, -0.15) is 5.10 Å². The van der Waals surface area contributed by atoms with E-state index >= 15 is 0 Å². The summed E-state index contributed by atoms with van der Waals surface area (Å²) in [7, 11) is 0. The summed E-state index contributed by atoms with van der Waals surface area (Å²) in [6.45, 7) is 14.0. The molecule has 1 fully saturated rings. The lowest BCUT2D eigenvalue weighted by molar-refractivity contribution is 0.334. The molecule has 1 aliphatic heterocycles. The fourth-order valence-corrected chi connectivity index (χ4v) is 5.22. The molecular formula is C33H38N8. The van der Waals surface area contributed by atoms with Gasteiger partial charge in [0.1, 0.15) is 16.9 Å². The number of aromatic nitrogens is 7. The second kappa shape index (κ2) is 13.3. The number of fused-ring (bicyclic) bond motifs is 1. The van der Waals surface area contributed by atoms with E-state index in [1.165, 1.54) is 31.5 Å². The molecule has 41 heavy (non-hydrogen) atoms. The van der Waals surface area contributed by atoms with Crippen molar-refractivity contribution in [2.45, 2.75) is 46.5 Å². The van der Waals surface area contributed by atoms with Gasteiger partial charge in [0, 0.05) is 30.0 Å². The zero-order valence-corrected chi connectivity index (χ0v) is 24.2. The molecule has 6 rings (SSSR count). The number of allylic oxidation sites excluding steroid dienone is 1. The SMILES string of the molecule is C=C(/C=c1/c(-c2nc3c(-c4ccccn4)nccc3[nH]2)n[nH]/c1=C/C)c1cncc(CCCN2CCCC2)c1.CC. The number of aromatic amines is 2. The highest BCUT2D eigenvalue weighted by Gasteiger charge is 2.16. The average molecular weight is 547 g/mol. The van der Waals surface area contributed by atoms with E-state index in [1.54, 1.807) is 12.4 Å². The van der Waals surface area contributed by atoms with Crippen molar-refractivity contribution in [1.82, 2.24) is 40.0 Å². The first kappa shape index (κ1) is 28.1. The number of aryl methyl sites for hydroxylation is 1. The molecule has 0 aliphatic carbocycles. The van der Waals surface area contributed by atoms with Crippen LogP contribution in [0.2, 0.25) is 0 Å². The lowest BCUT2D eigenvalue weighted by atomic mass is 10.0. The van der Waals surface area contributed by atoms with Crippen molar-refractivity contribution in [1.29, 1.82) is 0 Å². The zero-order valence-electron chi connectivity index (χ0n) is 24.2. The van der Waals surface area contributed by atoms with Crippen LogP contribution in [0.3, 0.4) is 0 Å². The van der Waals surface area contributed by atoms with Crippen molar-refractivity contribution >= 4 is 28.8 Å². The van der Waals surface area contributed by atoms with Gasteiger partial charge >= 0.3 is 0 Å². The summed E-state index contributed by atoms with van der Waals surface area (Å²) in [6, 6.07) is 9.90. The Morgan fingerprint density at radius 3 is 2.68 bits per heavy atom. The molecule has 210 valence electrons. The lowest BCUT2D eigenvalue weighted by Crippen LogP contribution is -2.23. The predicted molar refractivity (Wildman–Crippen MR) is 167 cm³/mol. The molecule has 6 heterocycles. The first-order valence-electron chi connectivity index (χ1n) is 14.5. The molecule has 1 saturated heterocycles. The number of pyridine rings is 3. The Bertz CT molecular complexity index is 1730. The number of hydrogen-bond donors (Lipinski definition) is 2. The normalized spacial score (nSPS) is 14.4. The van der Waals surface area contributed by atoms with Crippen molar-refractivity contribution in [3.8, 4) is 22.9 Å². The summed E-state index contributed by atoms with van der Waals surface area (Å²) >= 11 is 0. The van der Waals surface area contributed by atoms with E-state index in [-0.39, 0.29) is 0 Å². The topological polar surface area (TPSA) is 99.3 Å². The Labute approximate surface area is 241 Å². The summed E-state index contributed by atoms with van der Waals surface area (Å²) in [5.74, 6) is 0.660. The first-order valence-corrected chi connectivity index (χ1v) is 14.5. The largest absolute Gasteiger partial charge is 0.336 e. The Morgan fingerprint density at radius 1 is 1.05 bits per heavy atom. The van der Waals surface area contributed by atoms with Crippen LogP contribution < -0.4 is 10.6 Å². The molecule has 5 aromatic heterocycles. The molecule has 0 saturated carbocycles. The van der Waals surface area contributed by atoms with Gasteiger partial charge in [-0.25, -0.2) is 4.98 Å². The highest BCUT2D eigenvalue weighted by Crippen LogP contribution is 2.25. The molecule has 0 radical (unpaired) electrons. The van der Waals surface area contributed by atoms with Crippen LogP contribution >= 0.6 is 0 Å². The van der Waals surface area contributed by atoms with Gasteiger partial charge in [0.05, 0.1) is 16.6 Å². The van der Waals surface area contributed by atoms with Crippen LogP contribution in [0, 0.1) is 0 Å². The quantitative estimate of drug-likeness (QED) is 0.279. The molecule has 0 bridgehead atoms. The number of likely N-dealkylation sites (tertiary alicyclic amines) is 1. The second-order valence-electron chi connectivity index (χ2n) is 9.95. The van der Waals surface area contributed by atoms with E-state index in [2.05, 4.69) is 53.8 Å². The average Bonchev–Trinajstić information content (AvgIpc) is 3.78. The minimum absolute atomic E-state index is 0.660. The van der Waals surface area contributed by atoms with Gasteiger partial charge in [-0.05, 0) is 99.3 Å². The van der Waals surface area contributed by atoms with Crippen LogP contribution in [0.15, 0.2) is 61.7 Å². The van der Waals surface area contributed by atoms with E-state index in [9.17, 15) is 0 Å². The van der Waals surface area contributed by atoms with Gasteiger partial charge in [0.15, 0.2) is 5.82 Å². The zero-order chi connectivity index (χ0) is 28.6. The fourth-order valence-electron chi connectivity index (χ4n) is 5.22. The van der Waals surface area contributed by atoms with Crippen LogP contribution in [0.25, 0.3) is 51.7 Å². The number of hydrogen-bond acceptors (Lipinski definition) is 6. The molecule has 1 aliphatic rings. The first-order chi connectivity index (χ1) is 20.2. The van der Waals surface area contributed by atoms with Gasteiger partial charge < -0.3 is 9.88 Å². The molecule has 8 nitrogen and oxygen atoms in total. The Balaban J connectivity index is 0.00000165. The third kappa shape index (κ3) is 6.33. The Hall–Kier alpha value is -4.43. The smallest absolute Gasteiger partial charge is 0.159 e. The monoisotopic (exact) mass is 546 g/mol. The molecule has 2 N–H and O–H groups in total. The molecule has 0 aromatic carbocycles. The third-order valence-electron chi connectivity index (χ3n) is 7.28. The summed E-state index contributed by atoms with van der Waals surface area (Å²) in [6.07, 6.45) is 16.3. The number of nitrogens with zero attached hydrogens (tertiary/aromatic N) is 6. The minimum Gasteiger partial charge on any atom is -0.336 e. The Morgan fingerprint density at radius 2 is 1.90 bits per heavy atom. The highest BCUT2D eigenvalue weighted by atomic mass is 15.1. The van der Waals surface area contributed by atoms with Crippen LogP contribution in [-0.4, -0.2) is 59.7 Å². The summed E-state index contributed by atoms with van der Waals surface area (Å²) < 4.78 is 0. The van der Waals surface area contributed by atoms with Crippen LogP contribution in [-0.2, 0) is 6.42 Å². The lowest BCUT2D eigenvalue weighted by Gasteiger charge is -2.14. The third-order valence-corrected chi connectivity index (χ3v) is 7.28. The summed E-state index contributed by atoms with van der Waals surface area (Å²) in [5, 5.41) is 9.60. The van der Waals surface area contributed by atoms with Crippen molar-refractivity contribution in [3.63, 3.8) is 0 Å². The molecule has 0 spiro atoms. The van der Waals surface area contributed by atoms with Gasteiger partial charge in [-0.15, -0.1) is 0 Å². The van der Waals surface area contributed by atoms with Gasteiger partial charge in [-0.3, -0.25) is 20.1 Å². The van der Waals surface area contributed by atoms with E-state index < -0.39 is 0 Å². The number of H-pyrrole nitrogens is 2. The van der Waals surface area contributed by atoms with Gasteiger partial charge in [0.2, 0.25) is 0 Å². The maximum atomic E-state index is 4.91. The van der Waals surface area contributed by atoms with E-state index in [4.69, 9.17) is 4.98 Å². The van der Waals surface area contributed by atoms with E-state index in [1.807, 2.05) is 63.5 Å². The molecule has 8 heteroatoms. The molecule has 0 unspecified atom stereocenters. The Kier molecular flexibility index (Phi) is 9.11. The number of nitrogens with one attached hydrogen (secondary N) is 2. The minimum atomic E-state index is 0.660. The van der Waals surface area contributed by atoms with Crippen molar-refractivity contribution < 1.29 is 0 Å².